The number of halogens is 1. The molecule has 5 nitrogen and oxygen atoms in total. The molecule has 2 aromatic carbocycles. The normalized spacial score (nSPS) is 15.5. The number of rotatable bonds is 6. The number of benzene rings is 2. The van der Waals surface area contributed by atoms with Gasteiger partial charge in [-0.25, -0.2) is 0 Å². The Morgan fingerprint density at radius 2 is 1.62 bits per heavy atom. The zero-order valence-corrected chi connectivity index (χ0v) is 18.7. The van der Waals surface area contributed by atoms with Crippen molar-refractivity contribution in [1.82, 2.24) is 9.47 Å². The molecule has 0 spiro atoms. The first kappa shape index (κ1) is 22.3. The lowest BCUT2D eigenvalue weighted by atomic mass is 9.90. The number of nitrogens with zero attached hydrogens (tertiary/aromatic N) is 2. The summed E-state index contributed by atoms with van der Waals surface area (Å²) < 4.78 is 1.53. The molecule has 0 saturated carbocycles. The van der Waals surface area contributed by atoms with Crippen molar-refractivity contribution in [2.75, 3.05) is 13.1 Å². The molecule has 0 bridgehead atoms. The lowest BCUT2D eigenvalue weighted by molar-refractivity contribution is -0.135. The largest absolute Gasteiger partial charge is 0.388 e. The van der Waals surface area contributed by atoms with Crippen LogP contribution in [0.25, 0.3) is 11.1 Å². The van der Waals surface area contributed by atoms with E-state index in [-0.39, 0.29) is 18.0 Å². The number of aryl methyl sites for hydroxylation is 1. The van der Waals surface area contributed by atoms with Crippen LogP contribution in [0.4, 0.5) is 0 Å². The predicted molar refractivity (Wildman–Crippen MR) is 127 cm³/mol. The molecule has 2 heterocycles. The Labute approximate surface area is 192 Å². The van der Waals surface area contributed by atoms with E-state index in [1.54, 1.807) is 6.20 Å². The van der Waals surface area contributed by atoms with Crippen molar-refractivity contribution in [2.45, 2.75) is 37.8 Å². The van der Waals surface area contributed by atoms with Crippen LogP contribution in [-0.2, 0) is 17.8 Å². The number of piperidine rings is 1. The van der Waals surface area contributed by atoms with Crippen molar-refractivity contribution in [3.05, 3.63) is 93.9 Å². The fourth-order valence-corrected chi connectivity index (χ4v) is 4.46. The average Bonchev–Trinajstić information content (AvgIpc) is 2.81. The van der Waals surface area contributed by atoms with Gasteiger partial charge in [-0.1, -0.05) is 72.3 Å². The van der Waals surface area contributed by atoms with Crippen LogP contribution in [-0.4, -0.2) is 39.2 Å². The second kappa shape index (κ2) is 9.72. The van der Waals surface area contributed by atoms with Gasteiger partial charge < -0.3 is 14.6 Å². The van der Waals surface area contributed by atoms with Crippen LogP contribution in [0.5, 0.6) is 0 Å². The van der Waals surface area contributed by atoms with Crippen molar-refractivity contribution in [2.24, 2.45) is 0 Å². The van der Waals surface area contributed by atoms with Gasteiger partial charge in [0.1, 0.15) is 0 Å². The number of aromatic nitrogens is 1. The summed E-state index contributed by atoms with van der Waals surface area (Å²) in [5.74, 6) is 0.103. The molecule has 6 heteroatoms. The topological polar surface area (TPSA) is 62.5 Å². The Balaban J connectivity index is 1.39. The van der Waals surface area contributed by atoms with Gasteiger partial charge in [0.2, 0.25) is 5.91 Å². The van der Waals surface area contributed by atoms with E-state index in [0.29, 0.717) is 43.8 Å². The van der Waals surface area contributed by atoms with E-state index >= 15 is 0 Å². The van der Waals surface area contributed by atoms with Crippen molar-refractivity contribution in [1.29, 1.82) is 0 Å². The van der Waals surface area contributed by atoms with E-state index in [1.165, 1.54) is 10.6 Å². The van der Waals surface area contributed by atoms with Gasteiger partial charge >= 0.3 is 0 Å². The van der Waals surface area contributed by atoms with E-state index in [4.69, 9.17) is 11.6 Å². The first-order valence-corrected chi connectivity index (χ1v) is 11.3. The number of aliphatic hydroxyl groups is 1. The van der Waals surface area contributed by atoms with Gasteiger partial charge in [-0.2, -0.15) is 0 Å². The summed E-state index contributed by atoms with van der Waals surface area (Å²) in [6.07, 6.45) is 3.75. The Morgan fingerprint density at radius 3 is 2.28 bits per heavy atom. The lowest BCUT2D eigenvalue weighted by Crippen LogP contribution is -2.49. The van der Waals surface area contributed by atoms with Gasteiger partial charge in [0.05, 0.1) is 17.2 Å². The smallest absolute Gasteiger partial charge is 0.252 e. The third-order valence-corrected chi connectivity index (χ3v) is 6.45. The van der Waals surface area contributed by atoms with Crippen LogP contribution in [0.2, 0.25) is 5.02 Å². The molecule has 0 atom stereocenters. The molecule has 1 aliphatic heterocycles. The molecule has 166 valence electrons. The van der Waals surface area contributed by atoms with Crippen molar-refractivity contribution in [3.63, 3.8) is 0 Å². The van der Waals surface area contributed by atoms with Crippen LogP contribution in [0, 0.1) is 0 Å². The molecular weight excluding hydrogens is 424 g/mol. The van der Waals surface area contributed by atoms with Crippen LogP contribution < -0.4 is 5.56 Å². The predicted octanol–water partition coefficient (Wildman–Crippen LogP) is 4.16. The SMILES string of the molecule is O=C(CCc1ccccc1)N1CCC(O)(Cn2cc(-c3ccccc3)c(Cl)cc2=O)CC1. The van der Waals surface area contributed by atoms with Crippen LogP contribution in [0.3, 0.4) is 0 Å². The highest BCUT2D eigenvalue weighted by Crippen LogP contribution is 2.28. The molecule has 1 N–H and O–H groups in total. The first-order chi connectivity index (χ1) is 15.4. The standard InChI is InChI=1S/C26H27ClN2O3/c27-23-17-25(31)29(18-22(23)21-9-5-2-6-10-21)19-26(32)13-15-28(16-14-26)24(30)12-11-20-7-3-1-4-8-20/h1-10,17-18,32H,11-16,19H2. The fraction of sp³-hybridized carbons (Fsp3) is 0.308. The number of likely N-dealkylation sites (tertiary alicyclic amines) is 1. The molecule has 3 aromatic rings. The van der Waals surface area contributed by atoms with E-state index in [9.17, 15) is 14.7 Å². The van der Waals surface area contributed by atoms with Crippen molar-refractivity contribution in [3.8, 4) is 11.1 Å². The molecule has 32 heavy (non-hydrogen) atoms. The number of hydrogen-bond acceptors (Lipinski definition) is 3. The first-order valence-electron chi connectivity index (χ1n) is 10.9. The molecule has 0 radical (unpaired) electrons. The number of hydrogen-bond donors (Lipinski definition) is 1. The maximum Gasteiger partial charge on any atom is 0.252 e. The minimum absolute atomic E-state index is 0.103. The Bertz CT molecular complexity index is 1120. The summed E-state index contributed by atoms with van der Waals surface area (Å²) in [5, 5.41) is 11.5. The quantitative estimate of drug-likeness (QED) is 0.613. The molecule has 1 amide bonds. The summed E-state index contributed by atoms with van der Waals surface area (Å²) in [6.45, 7) is 1.14. The van der Waals surface area contributed by atoms with Crippen molar-refractivity contribution < 1.29 is 9.90 Å². The average molecular weight is 451 g/mol. The van der Waals surface area contributed by atoms with Crippen LogP contribution in [0.15, 0.2) is 77.7 Å². The third-order valence-electron chi connectivity index (χ3n) is 6.14. The summed E-state index contributed by atoms with van der Waals surface area (Å²) in [5.41, 5.74) is 1.53. The molecule has 1 aromatic heterocycles. The van der Waals surface area contributed by atoms with Gasteiger partial charge in [0, 0.05) is 37.3 Å². The van der Waals surface area contributed by atoms with Crippen LogP contribution >= 0.6 is 11.6 Å². The van der Waals surface area contributed by atoms with Crippen molar-refractivity contribution >= 4 is 17.5 Å². The minimum Gasteiger partial charge on any atom is -0.388 e. The summed E-state index contributed by atoms with van der Waals surface area (Å²) in [4.78, 5) is 27.0. The monoisotopic (exact) mass is 450 g/mol. The minimum atomic E-state index is -1.04. The molecule has 1 aliphatic rings. The Morgan fingerprint density at radius 1 is 1.00 bits per heavy atom. The molecule has 0 unspecified atom stereocenters. The Kier molecular flexibility index (Phi) is 6.77. The zero-order valence-electron chi connectivity index (χ0n) is 17.9. The molecule has 0 aliphatic carbocycles. The molecular formula is C26H27ClN2O3. The fourth-order valence-electron chi connectivity index (χ4n) is 4.21. The third kappa shape index (κ3) is 5.29. The highest BCUT2D eigenvalue weighted by atomic mass is 35.5. The zero-order chi connectivity index (χ0) is 22.6. The van der Waals surface area contributed by atoms with Gasteiger partial charge in [0.15, 0.2) is 0 Å². The van der Waals surface area contributed by atoms with Crippen LogP contribution in [0.1, 0.15) is 24.8 Å². The maximum absolute atomic E-state index is 12.6. The highest BCUT2D eigenvalue weighted by molar-refractivity contribution is 6.33. The maximum atomic E-state index is 12.6. The second-order valence-corrected chi connectivity index (χ2v) is 8.87. The Hall–Kier alpha value is -2.89. The number of carbonyl (C=O) groups excluding carboxylic acids is 1. The van der Waals surface area contributed by atoms with Gasteiger partial charge in [0.25, 0.3) is 5.56 Å². The van der Waals surface area contributed by atoms with E-state index in [2.05, 4.69) is 0 Å². The lowest BCUT2D eigenvalue weighted by Gasteiger charge is -2.38. The molecule has 4 rings (SSSR count). The molecule has 1 fully saturated rings. The summed E-state index contributed by atoms with van der Waals surface area (Å²) in [7, 11) is 0. The van der Waals surface area contributed by atoms with Gasteiger partial charge in [-0.15, -0.1) is 0 Å². The van der Waals surface area contributed by atoms with E-state index < -0.39 is 5.60 Å². The van der Waals surface area contributed by atoms with Gasteiger partial charge in [-0.3, -0.25) is 9.59 Å². The summed E-state index contributed by atoms with van der Waals surface area (Å²) in [6, 6.07) is 21.0. The molecule has 1 saturated heterocycles. The number of amides is 1. The number of carbonyl (C=O) groups is 1. The van der Waals surface area contributed by atoms with E-state index in [1.807, 2.05) is 65.6 Å². The highest BCUT2D eigenvalue weighted by Gasteiger charge is 2.34. The summed E-state index contributed by atoms with van der Waals surface area (Å²) >= 11 is 6.32. The van der Waals surface area contributed by atoms with E-state index in [0.717, 1.165) is 16.7 Å². The second-order valence-electron chi connectivity index (χ2n) is 8.46. The number of pyridine rings is 1. The van der Waals surface area contributed by atoms with Gasteiger partial charge in [-0.05, 0) is 30.4 Å².